The second kappa shape index (κ2) is 13.4. The zero-order chi connectivity index (χ0) is 34.9. The molecule has 0 spiro atoms. The van der Waals surface area contributed by atoms with Gasteiger partial charge in [-0.1, -0.05) is 140 Å². The van der Waals surface area contributed by atoms with E-state index in [2.05, 4.69) is 138 Å². The first-order valence-corrected chi connectivity index (χ1v) is 17.4. The maximum atomic E-state index is 5.22. The molecule has 0 unspecified atom stereocenters. The minimum atomic E-state index is 0.514. The third-order valence-electron chi connectivity index (χ3n) is 9.58. The molecule has 0 aliphatic heterocycles. The fraction of sp³-hybridized carbons (Fsp3) is 0.0213. The summed E-state index contributed by atoms with van der Waals surface area (Å²) in [5, 5.41) is 1.05. The molecule has 0 saturated carbocycles. The Hall–Kier alpha value is -6.98. The van der Waals surface area contributed by atoms with Gasteiger partial charge < -0.3 is 0 Å². The van der Waals surface area contributed by atoms with Crippen LogP contribution in [0, 0.1) is 0 Å². The molecule has 0 amide bonds. The fourth-order valence-electron chi connectivity index (χ4n) is 6.99. The van der Waals surface area contributed by atoms with Gasteiger partial charge in [-0.3, -0.25) is 14.4 Å². The zero-order valence-electron chi connectivity index (χ0n) is 28.4. The van der Waals surface area contributed by atoms with Crippen LogP contribution in [0.1, 0.15) is 16.7 Å². The van der Waals surface area contributed by atoms with Crippen LogP contribution in [0.2, 0.25) is 0 Å². The highest BCUT2D eigenvalue weighted by molar-refractivity contribution is 6.16. The van der Waals surface area contributed by atoms with E-state index >= 15 is 0 Å². The Morgan fingerprint density at radius 2 is 1.25 bits per heavy atom. The standard InChI is InChI=1S/C47H33N5/c1-48-41-18-7-5-16-39(41)44(36-25-21-34(22-26-36)33-13-3-2-4-14-33)49-31-32-12-11-15-38(30-32)35-23-27-37(28-24-35)45-47-46(40-17-6-8-19-42(40)50-45)51-43-20-9-10-29-52(43)47/h2-30H,1,31H2/b49-44-. The number of pyridine rings is 2. The van der Waals surface area contributed by atoms with E-state index in [0.717, 1.165) is 83.6 Å². The number of para-hydroxylation sites is 2. The van der Waals surface area contributed by atoms with Crippen LogP contribution in [-0.2, 0) is 6.54 Å². The quantitative estimate of drug-likeness (QED) is 0.151. The van der Waals surface area contributed by atoms with E-state index in [0.29, 0.717) is 6.54 Å². The SMILES string of the molecule is C=Nc1ccccc1/C(=N\Cc1cccc(-c2ccc(-c3nc4ccccc4c4nc5ccccn5c34)cc2)c1)c1ccc(-c2ccccc2)cc1. The lowest BCUT2D eigenvalue weighted by Crippen LogP contribution is -2.05. The third kappa shape index (κ3) is 5.74. The van der Waals surface area contributed by atoms with Crippen molar-refractivity contribution in [3.05, 3.63) is 193 Å². The van der Waals surface area contributed by atoms with E-state index in [1.54, 1.807) is 0 Å². The predicted molar refractivity (Wildman–Crippen MR) is 216 cm³/mol. The molecule has 5 nitrogen and oxygen atoms in total. The van der Waals surface area contributed by atoms with Gasteiger partial charge in [0.1, 0.15) is 11.2 Å². The van der Waals surface area contributed by atoms with Crippen LogP contribution < -0.4 is 0 Å². The molecule has 246 valence electrons. The number of hydrogen-bond acceptors (Lipinski definition) is 4. The van der Waals surface area contributed by atoms with Crippen molar-refractivity contribution in [2.45, 2.75) is 6.54 Å². The molecule has 3 heterocycles. The lowest BCUT2D eigenvalue weighted by atomic mass is 9.97. The Morgan fingerprint density at radius 3 is 2.10 bits per heavy atom. The molecular formula is C47H33N5. The number of rotatable bonds is 8. The van der Waals surface area contributed by atoms with Gasteiger partial charge in [0.15, 0.2) is 0 Å². The van der Waals surface area contributed by atoms with E-state index in [1.165, 1.54) is 5.56 Å². The zero-order valence-corrected chi connectivity index (χ0v) is 28.4. The van der Waals surface area contributed by atoms with Gasteiger partial charge in [-0.15, -0.1) is 0 Å². The van der Waals surface area contributed by atoms with Gasteiger partial charge in [0.05, 0.1) is 34.7 Å². The Kier molecular flexibility index (Phi) is 7.99. The van der Waals surface area contributed by atoms with Crippen molar-refractivity contribution < 1.29 is 0 Å². The largest absolute Gasteiger partial charge is 0.298 e. The molecule has 0 N–H and O–H groups in total. The lowest BCUT2D eigenvalue weighted by Gasteiger charge is -2.12. The van der Waals surface area contributed by atoms with E-state index < -0.39 is 0 Å². The van der Waals surface area contributed by atoms with Crippen LogP contribution in [-0.4, -0.2) is 26.8 Å². The van der Waals surface area contributed by atoms with Crippen molar-refractivity contribution in [3.63, 3.8) is 0 Å². The Bertz CT molecular complexity index is 2760. The summed E-state index contributed by atoms with van der Waals surface area (Å²) < 4.78 is 2.14. The molecule has 6 aromatic carbocycles. The van der Waals surface area contributed by atoms with Crippen LogP contribution in [0.3, 0.4) is 0 Å². The van der Waals surface area contributed by atoms with Crippen LogP contribution in [0.25, 0.3) is 61.1 Å². The van der Waals surface area contributed by atoms with Crippen LogP contribution in [0.15, 0.2) is 186 Å². The Balaban J connectivity index is 1.05. The van der Waals surface area contributed by atoms with Crippen LogP contribution in [0.5, 0.6) is 0 Å². The summed E-state index contributed by atoms with van der Waals surface area (Å²) >= 11 is 0. The highest BCUT2D eigenvalue weighted by Crippen LogP contribution is 2.34. The van der Waals surface area contributed by atoms with E-state index in [1.807, 2.05) is 54.6 Å². The highest BCUT2D eigenvalue weighted by Gasteiger charge is 2.17. The molecule has 5 heteroatoms. The van der Waals surface area contributed by atoms with Gasteiger partial charge >= 0.3 is 0 Å². The van der Waals surface area contributed by atoms with Crippen molar-refractivity contribution in [2.24, 2.45) is 9.98 Å². The third-order valence-corrected chi connectivity index (χ3v) is 9.58. The molecule has 0 aliphatic carbocycles. The summed E-state index contributed by atoms with van der Waals surface area (Å²) in [4.78, 5) is 19.7. The Morgan fingerprint density at radius 1 is 0.577 bits per heavy atom. The van der Waals surface area contributed by atoms with Gasteiger partial charge in [0.2, 0.25) is 0 Å². The molecule has 3 aromatic heterocycles. The molecule has 0 atom stereocenters. The van der Waals surface area contributed by atoms with Gasteiger partial charge in [-0.2, -0.15) is 0 Å². The molecule has 9 rings (SSSR count). The van der Waals surface area contributed by atoms with Gasteiger partial charge in [0.25, 0.3) is 0 Å². The van der Waals surface area contributed by atoms with E-state index in [-0.39, 0.29) is 0 Å². The maximum Gasteiger partial charge on any atom is 0.137 e. The molecular weight excluding hydrogens is 635 g/mol. The normalized spacial score (nSPS) is 11.7. The second-order valence-corrected chi connectivity index (χ2v) is 12.8. The van der Waals surface area contributed by atoms with Crippen molar-refractivity contribution in [1.29, 1.82) is 0 Å². The minimum absolute atomic E-state index is 0.514. The second-order valence-electron chi connectivity index (χ2n) is 12.8. The molecule has 0 fully saturated rings. The first-order chi connectivity index (χ1) is 25.7. The monoisotopic (exact) mass is 667 g/mol. The van der Waals surface area contributed by atoms with Crippen LogP contribution >= 0.6 is 0 Å². The Labute approximate surface area is 302 Å². The first-order valence-electron chi connectivity index (χ1n) is 17.4. The smallest absolute Gasteiger partial charge is 0.137 e. The maximum absolute atomic E-state index is 5.22. The fourth-order valence-corrected chi connectivity index (χ4v) is 6.99. The average molecular weight is 668 g/mol. The highest BCUT2D eigenvalue weighted by atomic mass is 15.0. The summed E-state index contributed by atoms with van der Waals surface area (Å²) in [7, 11) is 0. The molecule has 0 bridgehead atoms. The number of nitrogens with zero attached hydrogens (tertiary/aromatic N) is 5. The summed E-state index contributed by atoms with van der Waals surface area (Å²) in [6.45, 7) is 4.35. The average Bonchev–Trinajstić information content (AvgIpc) is 3.62. The summed E-state index contributed by atoms with van der Waals surface area (Å²) in [6.07, 6.45) is 2.06. The molecule has 0 aliphatic rings. The van der Waals surface area contributed by atoms with Crippen molar-refractivity contribution in [1.82, 2.24) is 14.4 Å². The minimum Gasteiger partial charge on any atom is -0.298 e. The number of imidazole rings is 1. The number of aromatic nitrogens is 3. The predicted octanol–water partition coefficient (Wildman–Crippen LogP) is 11.4. The summed E-state index contributed by atoms with van der Waals surface area (Å²) in [5.41, 5.74) is 15.2. The van der Waals surface area contributed by atoms with E-state index in [4.69, 9.17) is 15.0 Å². The van der Waals surface area contributed by atoms with Gasteiger partial charge in [-0.25, -0.2) is 9.97 Å². The summed E-state index contributed by atoms with van der Waals surface area (Å²) in [6, 6.07) is 58.7. The topological polar surface area (TPSA) is 54.9 Å². The first kappa shape index (κ1) is 31.0. The summed E-state index contributed by atoms with van der Waals surface area (Å²) in [5.74, 6) is 0. The van der Waals surface area contributed by atoms with Crippen molar-refractivity contribution in [2.75, 3.05) is 0 Å². The molecule has 0 saturated heterocycles. The van der Waals surface area contributed by atoms with Gasteiger partial charge in [0, 0.05) is 28.3 Å². The lowest BCUT2D eigenvalue weighted by molar-refractivity contribution is 1.07. The molecule has 52 heavy (non-hydrogen) atoms. The van der Waals surface area contributed by atoms with Gasteiger partial charge in [-0.05, 0) is 64.9 Å². The number of benzene rings is 6. The molecule has 0 radical (unpaired) electrons. The number of aliphatic imine (C=N–C) groups is 2. The number of fused-ring (bicyclic) bond motifs is 5. The molecule has 9 aromatic rings. The van der Waals surface area contributed by atoms with Crippen molar-refractivity contribution in [3.8, 4) is 33.5 Å². The van der Waals surface area contributed by atoms with Crippen molar-refractivity contribution >= 4 is 45.7 Å². The number of hydrogen-bond donors (Lipinski definition) is 0. The van der Waals surface area contributed by atoms with E-state index in [9.17, 15) is 0 Å². The van der Waals surface area contributed by atoms with Crippen LogP contribution in [0.4, 0.5) is 5.69 Å².